The van der Waals surface area contributed by atoms with Gasteiger partial charge in [-0.05, 0) is 57.6 Å². The zero-order valence-corrected chi connectivity index (χ0v) is 20.1. The fraction of sp³-hybridized carbons (Fsp3) is 0.652. The van der Waals surface area contributed by atoms with Crippen molar-refractivity contribution in [2.45, 2.75) is 90.3 Å². The molecule has 0 aliphatic carbocycles. The van der Waals surface area contributed by atoms with Gasteiger partial charge in [0.2, 0.25) is 6.10 Å². The van der Waals surface area contributed by atoms with Gasteiger partial charge in [0, 0.05) is 19.3 Å². The Morgan fingerprint density at radius 2 is 1.90 bits per heavy atom. The van der Waals surface area contributed by atoms with Crippen molar-refractivity contribution in [3.63, 3.8) is 0 Å². The monoisotopic (exact) mass is 453 g/mol. The Kier molecular flexibility index (Phi) is 8.90. The van der Waals surface area contributed by atoms with Gasteiger partial charge in [-0.3, -0.25) is 0 Å². The number of nitrogens with zero attached hydrogens (tertiary/aromatic N) is 1. The van der Waals surface area contributed by atoms with Crippen LogP contribution < -0.4 is 0 Å². The molecule has 5 atom stereocenters. The van der Waals surface area contributed by atoms with Gasteiger partial charge >= 0.3 is 20.0 Å². The summed E-state index contributed by atoms with van der Waals surface area (Å²) in [4.78, 5) is 26.3. The van der Waals surface area contributed by atoms with Crippen LogP contribution >= 0.6 is 8.03 Å². The molecule has 1 aliphatic heterocycles. The molecule has 1 heterocycles. The smallest absolute Gasteiger partial charge is 0.414 e. The van der Waals surface area contributed by atoms with Crippen LogP contribution in [0.1, 0.15) is 65.9 Å². The summed E-state index contributed by atoms with van der Waals surface area (Å²) in [5.41, 5.74) is 0.413. The molecular formula is C23H36NO6P+2. The number of aryl methyl sites for hydroxylation is 1. The van der Waals surface area contributed by atoms with E-state index in [9.17, 15) is 19.3 Å². The molecule has 172 valence electrons. The summed E-state index contributed by atoms with van der Waals surface area (Å²) >= 11 is 0. The van der Waals surface area contributed by atoms with Gasteiger partial charge in [0.1, 0.15) is 11.6 Å². The highest BCUT2D eigenvalue weighted by Crippen LogP contribution is 2.36. The molecule has 0 radical (unpaired) electrons. The number of aliphatic hydroxyl groups excluding tert-OH is 1. The number of carbonyl (C=O) groups is 2. The van der Waals surface area contributed by atoms with E-state index in [4.69, 9.17) is 9.26 Å². The first-order chi connectivity index (χ1) is 14.5. The summed E-state index contributed by atoms with van der Waals surface area (Å²) in [5.74, 6) is -1.64. The average molecular weight is 454 g/mol. The maximum atomic E-state index is 13.3. The number of aliphatic hydroxyl groups is 1. The fourth-order valence-electron chi connectivity index (χ4n) is 3.94. The quantitative estimate of drug-likeness (QED) is 0.443. The lowest BCUT2D eigenvalue weighted by atomic mass is 10.1. The molecule has 1 aromatic carbocycles. The van der Waals surface area contributed by atoms with Crippen molar-refractivity contribution in [2.75, 3.05) is 6.54 Å². The van der Waals surface area contributed by atoms with Gasteiger partial charge < -0.3 is 9.84 Å². The van der Waals surface area contributed by atoms with Crippen LogP contribution in [0.2, 0.25) is 0 Å². The standard InChI is InChI=1S/C23H36NO6P/c1-17-11-10-16-24(17,22(27)29-23(3,4)5)21(26)18(2)30-31(28)20(25)15-9-14-19-12-7-6-8-13-19/h6-8,12-13,17-18,20,25H,9-11,14-16H2,1-5H3/q+2/t17-,18?,20?,24?/m1/s1. The third-order valence-electron chi connectivity index (χ3n) is 5.62. The maximum Gasteiger partial charge on any atom is 0.541 e. The number of likely N-dealkylation sites (tertiary alicyclic amines) is 1. The third kappa shape index (κ3) is 6.66. The van der Waals surface area contributed by atoms with Crippen LogP contribution in [0.25, 0.3) is 0 Å². The maximum absolute atomic E-state index is 13.3. The van der Waals surface area contributed by atoms with Gasteiger partial charge in [0.05, 0.1) is 6.54 Å². The highest BCUT2D eigenvalue weighted by molar-refractivity contribution is 7.39. The molecule has 8 heteroatoms. The van der Waals surface area contributed by atoms with Crippen molar-refractivity contribution in [3.05, 3.63) is 35.9 Å². The lowest BCUT2D eigenvalue weighted by Crippen LogP contribution is -2.63. The lowest BCUT2D eigenvalue weighted by Gasteiger charge is -2.34. The number of quaternary nitrogens is 1. The van der Waals surface area contributed by atoms with Crippen molar-refractivity contribution >= 4 is 20.0 Å². The first-order valence-electron chi connectivity index (χ1n) is 11.0. The molecule has 1 saturated heterocycles. The molecular weight excluding hydrogens is 417 g/mol. The molecule has 4 unspecified atom stereocenters. The molecule has 0 bridgehead atoms. The molecule has 2 amide bonds. The number of benzene rings is 1. The predicted molar refractivity (Wildman–Crippen MR) is 119 cm³/mol. The highest BCUT2D eigenvalue weighted by Gasteiger charge is 2.58. The molecule has 1 fully saturated rings. The zero-order chi connectivity index (χ0) is 23.2. The van der Waals surface area contributed by atoms with E-state index in [1.54, 1.807) is 20.8 Å². The predicted octanol–water partition coefficient (Wildman–Crippen LogP) is 4.94. The molecule has 0 aromatic heterocycles. The summed E-state index contributed by atoms with van der Waals surface area (Å²) in [6.45, 7) is 8.94. The van der Waals surface area contributed by atoms with E-state index in [1.807, 2.05) is 37.3 Å². The van der Waals surface area contributed by atoms with E-state index >= 15 is 0 Å². The van der Waals surface area contributed by atoms with Crippen LogP contribution in [0, 0.1) is 0 Å². The van der Waals surface area contributed by atoms with Crippen molar-refractivity contribution < 1.29 is 33.0 Å². The van der Waals surface area contributed by atoms with E-state index in [0.29, 0.717) is 32.2 Å². The van der Waals surface area contributed by atoms with Crippen molar-refractivity contribution in [1.82, 2.24) is 0 Å². The number of hydrogen-bond acceptors (Lipinski definition) is 6. The fourth-order valence-corrected chi connectivity index (χ4v) is 4.88. The van der Waals surface area contributed by atoms with Crippen LogP contribution in [0.4, 0.5) is 4.79 Å². The first kappa shape index (κ1) is 25.6. The van der Waals surface area contributed by atoms with E-state index in [0.717, 1.165) is 12.0 Å². The summed E-state index contributed by atoms with van der Waals surface area (Å²) in [6.07, 6.45) is 1.43. The van der Waals surface area contributed by atoms with Crippen LogP contribution in [-0.4, -0.2) is 51.7 Å². The number of ether oxygens (including phenoxy) is 1. The summed E-state index contributed by atoms with van der Waals surface area (Å²) in [6, 6.07) is 9.59. The van der Waals surface area contributed by atoms with Gasteiger partial charge in [0.25, 0.3) is 5.85 Å². The van der Waals surface area contributed by atoms with Gasteiger partial charge in [-0.15, -0.1) is 4.52 Å². The molecule has 1 aliphatic rings. The topological polar surface area (TPSA) is 89.9 Å². The summed E-state index contributed by atoms with van der Waals surface area (Å²) in [7, 11) is -2.47. The molecule has 31 heavy (non-hydrogen) atoms. The second-order valence-electron chi connectivity index (χ2n) is 9.29. The minimum atomic E-state index is -2.47. The molecule has 0 spiro atoms. The minimum absolute atomic E-state index is 0.248. The van der Waals surface area contributed by atoms with E-state index in [-0.39, 0.29) is 6.04 Å². The van der Waals surface area contributed by atoms with Gasteiger partial charge in [-0.1, -0.05) is 30.3 Å². The van der Waals surface area contributed by atoms with E-state index < -0.39 is 42.1 Å². The largest absolute Gasteiger partial charge is 0.541 e. The normalized spacial score (nSPS) is 23.8. The Bertz CT molecular complexity index is 778. The molecule has 0 saturated carbocycles. The van der Waals surface area contributed by atoms with Crippen molar-refractivity contribution in [1.29, 1.82) is 0 Å². The third-order valence-corrected chi connectivity index (χ3v) is 6.89. The molecule has 1 N–H and O–H groups in total. The number of imide groups is 1. The summed E-state index contributed by atoms with van der Waals surface area (Å²) in [5, 5.41) is 10.3. The number of amides is 2. The Balaban J connectivity index is 1.98. The Labute approximate surface area is 186 Å². The van der Waals surface area contributed by atoms with Crippen molar-refractivity contribution in [2.24, 2.45) is 0 Å². The zero-order valence-electron chi connectivity index (χ0n) is 19.2. The van der Waals surface area contributed by atoms with Gasteiger partial charge in [-0.2, -0.15) is 9.28 Å². The van der Waals surface area contributed by atoms with Crippen LogP contribution in [0.3, 0.4) is 0 Å². The summed E-state index contributed by atoms with van der Waals surface area (Å²) < 4.78 is 23.0. The van der Waals surface area contributed by atoms with Crippen LogP contribution in [-0.2, 0) is 25.0 Å². The van der Waals surface area contributed by atoms with E-state index in [2.05, 4.69) is 0 Å². The first-order valence-corrected chi connectivity index (χ1v) is 12.2. The number of hydrogen-bond donors (Lipinski definition) is 1. The second-order valence-corrected chi connectivity index (χ2v) is 10.7. The molecule has 7 nitrogen and oxygen atoms in total. The number of rotatable bonds is 8. The Morgan fingerprint density at radius 1 is 1.26 bits per heavy atom. The van der Waals surface area contributed by atoms with Crippen LogP contribution in [0.5, 0.6) is 0 Å². The van der Waals surface area contributed by atoms with Crippen molar-refractivity contribution in [3.8, 4) is 0 Å². The molecule has 2 rings (SSSR count). The highest BCUT2D eigenvalue weighted by atomic mass is 31.1. The van der Waals surface area contributed by atoms with E-state index in [1.165, 1.54) is 6.92 Å². The Morgan fingerprint density at radius 3 is 2.45 bits per heavy atom. The molecule has 1 aromatic rings. The van der Waals surface area contributed by atoms with Gasteiger partial charge in [-0.25, -0.2) is 4.79 Å². The SMILES string of the molecule is CC(O[P+](=O)C(O)CCCc1ccccc1)C(=O)[N+]1(C(=O)OC(C)(C)C)CCC[C@H]1C. The second kappa shape index (κ2) is 10.8. The van der Waals surface area contributed by atoms with Gasteiger partial charge in [0.15, 0.2) is 0 Å². The Hall–Kier alpha value is -1.66. The number of carbonyl (C=O) groups excluding carboxylic acids is 2. The van der Waals surface area contributed by atoms with Crippen LogP contribution in [0.15, 0.2) is 30.3 Å². The lowest BCUT2D eigenvalue weighted by molar-refractivity contribution is -0.795. The average Bonchev–Trinajstić information content (AvgIpc) is 3.09. The minimum Gasteiger partial charge on any atom is -0.414 e.